The molecule has 0 bridgehead atoms. The summed E-state index contributed by atoms with van der Waals surface area (Å²) in [7, 11) is -2.78. The fourth-order valence-corrected chi connectivity index (χ4v) is 5.10. The Morgan fingerprint density at radius 1 is 1.18 bits per heavy atom. The lowest BCUT2D eigenvalue weighted by Crippen LogP contribution is -2.13. The van der Waals surface area contributed by atoms with Crippen molar-refractivity contribution < 1.29 is 17.9 Å². The molecule has 0 amide bonds. The number of hydrogen-bond acceptors (Lipinski definition) is 5. The van der Waals surface area contributed by atoms with Gasteiger partial charge in [0.2, 0.25) is 9.84 Å². The summed E-state index contributed by atoms with van der Waals surface area (Å²) in [6, 6.07) is 10.8. The molecule has 0 spiro atoms. The summed E-state index contributed by atoms with van der Waals surface area (Å²) in [5.41, 5.74) is 0.726. The molecule has 0 unspecified atom stereocenters. The van der Waals surface area contributed by atoms with Gasteiger partial charge in [-0.3, -0.25) is 4.79 Å². The molecule has 28 heavy (non-hydrogen) atoms. The molecule has 0 fully saturated rings. The molecule has 0 aliphatic heterocycles. The van der Waals surface area contributed by atoms with Gasteiger partial charge in [-0.1, -0.05) is 23.2 Å². The van der Waals surface area contributed by atoms with Crippen molar-refractivity contribution in [3.05, 3.63) is 57.7 Å². The zero-order valence-corrected chi connectivity index (χ0v) is 17.2. The number of nitrogens with zero attached hydrogens (tertiary/aromatic N) is 2. The molecule has 0 saturated carbocycles. The monoisotopic (exact) mass is 436 g/mol. The fourth-order valence-electron chi connectivity index (χ4n) is 3.07. The second kappa shape index (κ2) is 7.47. The molecule has 6 nitrogen and oxygen atoms in total. The van der Waals surface area contributed by atoms with Crippen LogP contribution in [0.4, 0.5) is 0 Å². The molecule has 9 heteroatoms. The number of esters is 1. The van der Waals surface area contributed by atoms with Crippen LogP contribution in [0.25, 0.3) is 10.9 Å². The van der Waals surface area contributed by atoms with Crippen molar-refractivity contribution in [2.24, 2.45) is 0 Å². The third kappa shape index (κ3) is 3.24. The van der Waals surface area contributed by atoms with E-state index in [1.807, 2.05) is 6.07 Å². The van der Waals surface area contributed by atoms with Crippen LogP contribution in [0.2, 0.25) is 10.0 Å². The summed E-state index contributed by atoms with van der Waals surface area (Å²) in [6.07, 6.45) is 0. The summed E-state index contributed by atoms with van der Waals surface area (Å²) in [5, 5.41) is 10.3. The summed E-state index contributed by atoms with van der Waals surface area (Å²) in [4.78, 5) is 11.8. The van der Waals surface area contributed by atoms with Gasteiger partial charge in [0.05, 0.1) is 28.1 Å². The highest BCUT2D eigenvalue weighted by molar-refractivity contribution is 7.91. The number of aromatic nitrogens is 1. The Bertz CT molecular complexity index is 1240. The van der Waals surface area contributed by atoms with Gasteiger partial charge in [-0.25, -0.2) is 8.42 Å². The van der Waals surface area contributed by atoms with E-state index in [9.17, 15) is 18.5 Å². The molecule has 1 aromatic heterocycles. The second-order valence-electron chi connectivity index (χ2n) is 5.96. The van der Waals surface area contributed by atoms with E-state index >= 15 is 0 Å². The van der Waals surface area contributed by atoms with Crippen molar-refractivity contribution >= 4 is 49.9 Å². The van der Waals surface area contributed by atoms with Crippen molar-refractivity contribution in [2.45, 2.75) is 23.3 Å². The van der Waals surface area contributed by atoms with Gasteiger partial charge >= 0.3 is 5.97 Å². The van der Waals surface area contributed by atoms with E-state index in [2.05, 4.69) is 0 Å². The Morgan fingerprint density at radius 3 is 2.39 bits per heavy atom. The van der Waals surface area contributed by atoms with Crippen LogP contribution in [0.5, 0.6) is 0 Å². The highest BCUT2D eigenvalue weighted by Crippen LogP contribution is 2.38. The van der Waals surface area contributed by atoms with E-state index in [1.54, 1.807) is 13.0 Å². The van der Waals surface area contributed by atoms with Gasteiger partial charge in [-0.2, -0.15) is 5.26 Å². The minimum absolute atomic E-state index is 0.0148. The number of ether oxygens (including phenoxy) is 1. The number of rotatable bonds is 4. The van der Waals surface area contributed by atoms with Gasteiger partial charge in [0.25, 0.3) is 0 Å². The molecular formula is C19H14Cl2N2O4S. The van der Waals surface area contributed by atoms with Gasteiger partial charge < -0.3 is 9.30 Å². The highest BCUT2D eigenvalue weighted by atomic mass is 35.5. The first kappa shape index (κ1) is 20.2. The maximum atomic E-state index is 13.4. The van der Waals surface area contributed by atoms with Crippen LogP contribution < -0.4 is 0 Å². The lowest BCUT2D eigenvalue weighted by atomic mass is 10.1. The Morgan fingerprint density at radius 2 is 1.82 bits per heavy atom. The van der Waals surface area contributed by atoms with E-state index < -0.39 is 15.8 Å². The van der Waals surface area contributed by atoms with Crippen LogP contribution in [0.3, 0.4) is 0 Å². The Labute approximate surface area is 171 Å². The van der Waals surface area contributed by atoms with Crippen LogP contribution in [0.1, 0.15) is 11.3 Å². The zero-order chi connectivity index (χ0) is 20.6. The minimum atomic E-state index is -4.03. The quantitative estimate of drug-likeness (QED) is 0.573. The van der Waals surface area contributed by atoms with Crippen LogP contribution in [-0.2, 0) is 25.9 Å². The smallest absolute Gasteiger partial charge is 0.325 e. The van der Waals surface area contributed by atoms with Crippen molar-refractivity contribution in [1.29, 1.82) is 5.26 Å². The van der Waals surface area contributed by atoms with E-state index in [0.717, 1.165) is 0 Å². The number of benzene rings is 2. The fraction of sp³-hybridized carbons (Fsp3) is 0.158. The SMILES string of the molecule is COC(=O)Cn1c(C)c(S(=O)(=O)c2ccc(Cl)cc2)c2c(C#N)c(Cl)ccc21. The van der Waals surface area contributed by atoms with E-state index in [-0.39, 0.29) is 32.3 Å². The predicted molar refractivity (Wildman–Crippen MR) is 105 cm³/mol. The van der Waals surface area contributed by atoms with Crippen LogP contribution in [0.15, 0.2) is 46.2 Å². The minimum Gasteiger partial charge on any atom is -0.468 e. The number of sulfone groups is 1. The summed E-state index contributed by atoms with van der Waals surface area (Å²) in [6.45, 7) is 1.36. The molecule has 0 radical (unpaired) electrons. The molecule has 2 aromatic carbocycles. The van der Waals surface area contributed by atoms with Crippen molar-refractivity contribution in [2.75, 3.05) is 7.11 Å². The number of nitriles is 1. The first-order valence-corrected chi connectivity index (χ1v) is 10.2. The zero-order valence-electron chi connectivity index (χ0n) is 14.9. The molecule has 1 heterocycles. The molecular weight excluding hydrogens is 423 g/mol. The summed E-state index contributed by atoms with van der Waals surface area (Å²) < 4.78 is 33.0. The van der Waals surface area contributed by atoms with Crippen molar-refractivity contribution in [3.8, 4) is 6.07 Å². The normalized spacial score (nSPS) is 11.4. The number of carbonyl (C=O) groups excluding carboxylic acids is 1. The topological polar surface area (TPSA) is 89.2 Å². The van der Waals surface area contributed by atoms with Gasteiger partial charge in [0, 0.05) is 16.1 Å². The number of halogens is 2. The molecule has 0 aliphatic rings. The number of carbonyl (C=O) groups is 1. The lowest BCUT2D eigenvalue weighted by molar-refractivity contribution is -0.141. The van der Waals surface area contributed by atoms with Crippen molar-refractivity contribution in [3.63, 3.8) is 0 Å². The largest absolute Gasteiger partial charge is 0.468 e. The maximum absolute atomic E-state index is 13.4. The molecule has 0 atom stereocenters. The predicted octanol–water partition coefficient (Wildman–Crippen LogP) is 4.13. The third-order valence-corrected chi connectivity index (χ3v) is 6.90. The van der Waals surface area contributed by atoms with Gasteiger partial charge in [0.15, 0.2) is 0 Å². The van der Waals surface area contributed by atoms with Gasteiger partial charge in [-0.15, -0.1) is 0 Å². The number of hydrogen-bond donors (Lipinski definition) is 0. The first-order chi connectivity index (χ1) is 13.2. The third-order valence-electron chi connectivity index (χ3n) is 4.40. The first-order valence-electron chi connectivity index (χ1n) is 8.01. The summed E-state index contributed by atoms with van der Waals surface area (Å²) in [5.74, 6) is -0.552. The second-order valence-corrected chi connectivity index (χ2v) is 8.69. The molecule has 0 N–H and O–H groups in total. The molecule has 3 aromatic rings. The van der Waals surface area contributed by atoms with Gasteiger partial charge in [-0.05, 0) is 43.3 Å². The summed E-state index contributed by atoms with van der Waals surface area (Å²) >= 11 is 12.0. The van der Waals surface area contributed by atoms with Crippen molar-refractivity contribution in [1.82, 2.24) is 4.57 Å². The van der Waals surface area contributed by atoms with E-state index in [4.69, 9.17) is 27.9 Å². The Hall–Kier alpha value is -2.53. The number of fused-ring (bicyclic) bond motifs is 1. The Kier molecular flexibility index (Phi) is 5.39. The van der Waals surface area contributed by atoms with Crippen LogP contribution in [-0.4, -0.2) is 26.1 Å². The van der Waals surface area contributed by atoms with Crippen LogP contribution in [0, 0.1) is 18.3 Å². The number of methoxy groups -OCH3 is 1. The standard InChI is InChI=1S/C19H14Cl2N2O4S/c1-11-19(28(25,26)13-5-3-12(20)4-6-13)18-14(9-22)15(21)7-8-16(18)23(11)10-17(24)27-2/h3-8H,10H2,1-2H3. The lowest BCUT2D eigenvalue weighted by Gasteiger charge is -2.08. The van der Waals surface area contributed by atoms with Crippen LogP contribution >= 0.6 is 23.2 Å². The average molecular weight is 437 g/mol. The molecule has 144 valence electrons. The van der Waals surface area contributed by atoms with E-state index in [0.29, 0.717) is 16.2 Å². The maximum Gasteiger partial charge on any atom is 0.325 e. The molecule has 3 rings (SSSR count). The molecule has 0 saturated heterocycles. The Balaban J connectivity index is 2.43. The molecule has 0 aliphatic carbocycles. The average Bonchev–Trinajstić information content (AvgIpc) is 2.94. The highest BCUT2D eigenvalue weighted by Gasteiger charge is 2.30. The van der Waals surface area contributed by atoms with E-state index in [1.165, 1.54) is 42.0 Å². The van der Waals surface area contributed by atoms with Gasteiger partial charge in [0.1, 0.15) is 17.5 Å².